The third-order valence-electron chi connectivity index (χ3n) is 11.0. The van der Waals surface area contributed by atoms with Crippen LogP contribution in [0.4, 0.5) is 0 Å². The third-order valence-corrected chi connectivity index (χ3v) is 11.7. The first kappa shape index (κ1) is 62.2. The van der Waals surface area contributed by atoms with Crippen LogP contribution in [0, 0.1) is 0 Å². The van der Waals surface area contributed by atoms with Crippen molar-refractivity contribution >= 4 is 76.9 Å². The van der Waals surface area contributed by atoms with Crippen LogP contribution in [-0.4, -0.2) is 185 Å². The molecule has 0 bridgehead atoms. The Balaban J connectivity index is 3.31. The summed E-state index contributed by atoms with van der Waals surface area (Å²) in [5.74, 6) is -8.73. The molecule has 1 heterocycles. The summed E-state index contributed by atoms with van der Waals surface area (Å²) in [6.45, 7) is 2.64. The van der Waals surface area contributed by atoms with Gasteiger partial charge in [0.1, 0.15) is 42.3 Å². The second kappa shape index (κ2) is 33.7. The summed E-state index contributed by atoms with van der Waals surface area (Å²) in [5.41, 5.74) is 28.2. The normalized spacial score (nSPS) is 16.6. The predicted octanol–water partition coefficient (Wildman–Crippen LogP) is -5.26. The second-order valence-electron chi connectivity index (χ2n) is 16.8. The van der Waals surface area contributed by atoms with Crippen LogP contribution < -0.4 is 65.9 Å². The summed E-state index contributed by atoms with van der Waals surface area (Å²) in [5, 5.41) is 46.4. The number of nitrogens with one attached hydrogen (secondary N) is 7. The molecule has 0 spiro atoms. The first-order chi connectivity index (χ1) is 33.1. The number of hydrogen-bond donors (Lipinski definition) is 15. The van der Waals surface area contributed by atoms with Gasteiger partial charge in [-0.1, -0.05) is 0 Å². The molecule has 9 atom stereocenters. The van der Waals surface area contributed by atoms with Crippen molar-refractivity contribution < 1.29 is 63.3 Å². The van der Waals surface area contributed by atoms with E-state index < -0.39 is 133 Å². The molecule has 70 heavy (non-hydrogen) atoms. The van der Waals surface area contributed by atoms with Crippen LogP contribution in [0.1, 0.15) is 97.3 Å². The van der Waals surface area contributed by atoms with Crippen LogP contribution in [0.15, 0.2) is 4.99 Å². The van der Waals surface area contributed by atoms with Crippen LogP contribution in [0.2, 0.25) is 0 Å². The number of thioether (sulfide) groups is 1. The third kappa shape index (κ3) is 23.6. The molecule has 398 valence electrons. The number of carbonyl (C=O) groups excluding carboxylic acids is 8. The Morgan fingerprint density at radius 3 is 1.77 bits per heavy atom. The monoisotopic (exact) mass is 1020 g/mol. The van der Waals surface area contributed by atoms with Crippen LogP contribution in [-0.2, 0) is 47.9 Å². The quantitative estimate of drug-likeness (QED) is 0.0160. The molecule has 8 amide bonds. The van der Waals surface area contributed by atoms with Crippen molar-refractivity contribution in [1.29, 1.82) is 0 Å². The molecule has 1 fully saturated rings. The van der Waals surface area contributed by atoms with Gasteiger partial charge in [0.2, 0.25) is 47.3 Å². The fraction of sp³-hybridized carbons (Fsp3) is 0.738. The van der Waals surface area contributed by atoms with Crippen molar-refractivity contribution in [1.82, 2.24) is 42.1 Å². The summed E-state index contributed by atoms with van der Waals surface area (Å²) in [6, 6.07) is -10.2. The lowest BCUT2D eigenvalue weighted by Crippen LogP contribution is -2.61. The van der Waals surface area contributed by atoms with Gasteiger partial charge in [0, 0.05) is 19.5 Å². The van der Waals surface area contributed by atoms with Gasteiger partial charge in [-0.25, -0.2) is 4.79 Å². The first-order valence-electron chi connectivity index (χ1n) is 23.3. The maximum Gasteiger partial charge on any atom is 0.326 e. The van der Waals surface area contributed by atoms with Gasteiger partial charge in [-0.05, 0) is 116 Å². The van der Waals surface area contributed by atoms with E-state index >= 15 is 0 Å². The second-order valence-corrected chi connectivity index (χ2v) is 17.8. The molecular weight excluding hydrogens is 941 g/mol. The van der Waals surface area contributed by atoms with Crippen molar-refractivity contribution in [2.24, 2.45) is 33.7 Å². The molecular formula is C42H76N14O13S. The Hall–Kier alpha value is -5.84. The van der Waals surface area contributed by atoms with Crippen molar-refractivity contribution in [2.75, 3.05) is 44.7 Å². The average Bonchev–Trinajstić information content (AvgIpc) is 3.80. The molecule has 27 nitrogen and oxygen atoms in total. The number of guanidine groups is 1. The van der Waals surface area contributed by atoms with Gasteiger partial charge >= 0.3 is 11.9 Å². The zero-order chi connectivity index (χ0) is 52.9. The predicted molar refractivity (Wildman–Crippen MR) is 258 cm³/mol. The molecule has 0 aliphatic carbocycles. The molecule has 0 aromatic carbocycles. The molecule has 1 aliphatic heterocycles. The number of likely N-dealkylation sites (tertiary alicyclic amines) is 1. The van der Waals surface area contributed by atoms with Gasteiger partial charge in [0.25, 0.3) is 0 Å². The minimum atomic E-state index is -1.63. The Bertz CT molecular complexity index is 1790. The Morgan fingerprint density at radius 2 is 1.26 bits per heavy atom. The highest BCUT2D eigenvalue weighted by molar-refractivity contribution is 7.98. The maximum absolute atomic E-state index is 14.1. The Labute approximate surface area is 411 Å². The lowest BCUT2D eigenvalue weighted by molar-refractivity contribution is -0.143. The van der Waals surface area contributed by atoms with E-state index in [2.05, 4.69) is 42.2 Å². The number of aliphatic hydroxyl groups excluding tert-OH is 1. The fourth-order valence-electron chi connectivity index (χ4n) is 7.13. The molecule has 0 saturated carbocycles. The summed E-state index contributed by atoms with van der Waals surface area (Å²) in [4.78, 5) is 135. The molecule has 1 rings (SSSR count). The average molecular weight is 1020 g/mol. The summed E-state index contributed by atoms with van der Waals surface area (Å²) < 4.78 is 0. The largest absolute Gasteiger partial charge is 0.481 e. The maximum atomic E-state index is 14.1. The van der Waals surface area contributed by atoms with Gasteiger partial charge in [-0.3, -0.25) is 48.1 Å². The molecule has 20 N–H and O–H groups in total. The Kier molecular flexibility index (Phi) is 29.9. The van der Waals surface area contributed by atoms with Gasteiger partial charge < -0.3 is 86.1 Å². The van der Waals surface area contributed by atoms with E-state index in [1.165, 1.54) is 30.5 Å². The van der Waals surface area contributed by atoms with Crippen LogP contribution in [0.25, 0.3) is 0 Å². The van der Waals surface area contributed by atoms with Gasteiger partial charge in [0.15, 0.2) is 5.96 Å². The molecule has 0 aromatic heterocycles. The van der Waals surface area contributed by atoms with E-state index in [9.17, 15) is 58.2 Å². The number of hydrogen-bond acceptors (Lipinski definition) is 16. The number of rotatable bonds is 35. The topological polar surface area (TPSA) is 461 Å². The van der Waals surface area contributed by atoms with E-state index in [1.807, 2.05) is 6.26 Å². The standard InChI is InChI=1S/C42H76N14O13S/c1-23(50-34(61)25(45)16-21-70-3)40(67)56-20-9-13-30(56)38(65)55-33(24(2)57)39(66)54-27(11-5-7-18-44)36(63)53-28(12-8-19-48-42(46)47)37(64)52-26(10-4-6-17-43)35(62)49-22-31(58)51-29(41(68)69)14-15-32(59)60/h23-30,33,57H,4-22,43-45H2,1-3H3,(H,49,62)(H,50,61)(H,51,58)(H,52,64)(H,53,63)(H,54,66)(H,55,65)(H,59,60)(H,68,69)(H4,46,47,48)/t23-,24+,25-,26-,27-,28-,29-,30-,33-/m0/s1. The minimum absolute atomic E-state index is 0.0151. The number of aliphatic hydroxyl groups is 1. The molecule has 0 aromatic rings. The van der Waals surface area contributed by atoms with Crippen molar-refractivity contribution in [3.8, 4) is 0 Å². The van der Waals surface area contributed by atoms with Crippen LogP contribution >= 0.6 is 11.8 Å². The van der Waals surface area contributed by atoms with Crippen molar-refractivity contribution in [3.63, 3.8) is 0 Å². The number of nitrogens with zero attached hydrogens (tertiary/aromatic N) is 2. The van der Waals surface area contributed by atoms with E-state index in [0.29, 0.717) is 44.3 Å². The smallest absolute Gasteiger partial charge is 0.326 e. The van der Waals surface area contributed by atoms with E-state index in [0.717, 1.165) is 0 Å². The Morgan fingerprint density at radius 1 is 0.700 bits per heavy atom. The zero-order valence-electron chi connectivity index (χ0n) is 40.2. The van der Waals surface area contributed by atoms with Gasteiger partial charge in [0.05, 0.1) is 18.7 Å². The molecule has 0 radical (unpaired) electrons. The van der Waals surface area contributed by atoms with Crippen molar-refractivity contribution in [2.45, 2.75) is 152 Å². The van der Waals surface area contributed by atoms with Gasteiger partial charge in [-0.2, -0.15) is 11.8 Å². The van der Waals surface area contributed by atoms with Crippen LogP contribution in [0.3, 0.4) is 0 Å². The molecule has 1 saturated heterocycles. The van der Waals surface area contributed by atoms with Crippen LogP contribution in [0.5, 0.6) is 0 Å². The van der Waals surface area contributed by atoms with E-state index in [1.54, 1.807) is 0 Å². The molecule has 0 unspecified atom stereocenters. The summed E-state index contributed by atoms with van der Waals surface area (Å²) in [6.07, 6.45) is 1.94. The van der Waals surface area contributed by atoms with E-state index in [-0.39, 0.29) is 64.2 Å². The highest BCUT2D eigenvalue weighted by Crippen LogP contribution is 2.19. The van der Waals surface area contributed by atoms with Crippen molar-refractivity contribution in [3.05, 3.63) is 0 Å². The fourth-order valence-corrected chi connectivity index (χ4v) is 7.62. The highest BCUT2D eigenvalue weighted by atomic mass is 32.2. The lowest BCUT2D eigenvalue weighted by Gasteiger charge is -2.30. The van der Waals surface area contributed by atoms with Gasteiger partial charge in [-0.15, -0.1) is 0 Å². The molecule has 1 aliphatic rings. The lowest BCUT2D eigenvalue weighted by atomic mass is 10.0. The highest BCUT2D eigenvalue weighted by Gasteiger charge is 2.40. The molecule has 28 heteroatoms. The summed E-state index contributed by atoms with van der Waals surface area (Å²) >= 11 is 1.51. The number of aliphatic carboxylic acids is 2. The number of carbonyl (C=O) groups is 10. The first-order valence-corrected chi connectivity index (χ1v) is 24.7. The minimum Gasteiger partial charge on any atom is -0.481 e. The zero-order valence-corrected chi connectivity index (χ0v) is 41.1. The number of carboxylic acids is 2. The number of aliphatic imine (C=N–C) groups is 1. The number of carboxylic acid groups (broad SMARTS) is 2. The summed E-state index contributed by atoms with van der Waals surface area (Å²) in [7, 11) is 0. The number of amides is 8. The number of unbranched alkanes of at least 4 members (excludes halogenated alkanes) is 2. The van der Waals surface area contributed by atoms with E-state index in [4.69, 9.17) is 33.8 Å². The SMILES string of the molecule is CSCC[C@H](N)C(=O)N[C@@H](C)C(=O)N1CCC[C@H]1C(=O)N[C@H](C(=O)N[C@@H](CCCCN)C(=O)N[C@@H](CCCN=C(N)N)C(=O)N[C@@H](CCCCN)C(=O)NCC(=O)N[C@@H](CCC(=O)O)C(=O)O)[C@@H](C)O. The number of nitrogens with two attached hydrogens (primary N) is 5.